The summed E-state index contributed by atoms with van der Waals surface area (Å²) < 4.78 is 1.66. The average molecular weight is 280 g/mol. The Morgan fingerprint density at radius 2 is 2.25 bits per heavy atom. The fraction of sp³-hybridized carbons (Fsp3) is 0.692. The summed E-state index contributed by atoms with van der Waals surface area (Å²) in [5.74, 6) is -0.978. The van der Waals surface area contributed by atoms with E-state index in [-0.39, 0.29) is 12.5 Å². The largest absolute Gasteiger partial charge is 0.481 e. The van der Waals surface area contributed by atoms with Crippen LogP contribution in [0.5, 0.6) is 0 Å². The first kappa shape index (κ1) is 14.5. The van der Waals surface area contributed by atoms with Gasteiger partial charge in [-0.25, -0.2) is 0 Å². The molecule has 0 bridgehead atoms. The quantitative estimate of drug-likeness (QED) is 0.864. The number of carbonyl (C=O) groups excluding carboxylic acids is 1. The topological polar surface area (TPSA) is 88.3 Å². The standard InChI is InChI=1S/C13H20N4O3/c1-9(2)3-6-17-8-11(14-15-17)12(18)16-5-4-10(7-16)13(19)20/h8-10H,3-7H2,1-2H3,(H,19,20)/t10-/m0/s1. The molecule has 7 nitrogen and oxygen atoms in total. The molecule has 1 saturated heterocycles. The molecule has 1 aliphatic heterocycles. The lowest BCUT2D eigenvalue weighted by Crippen LogP contribution is -2.30. The van der Waals surface area contributed by atoms with E-state index in [2.05, 4.69) is 24.2 Å². The SMILES string of the molecule is CC(C)CCn1cc(C(=O)N2CC[C@H](C(=O)O)C2)nn1. The first-order chi connectivity index (χ1) is 9.47. The van der Waals surface area contributed by atoms with Crippen molar-refractivity contribution >= 4 is 11.9 Å². The van der Waals surface area contributed by atoms with Gasteiger partial charge >= 0.3 is 5.97 Å². The van der Waals surface area contributed by atoms with E-state index in [9.17, 15) is 9.59 Å². The molecule has 1 aromatic rings. The predicted molar refractivity (Wildman–Crippen MR) is 71.1 cm³/mol. The molecule has 0 aliphatic carbocycles. The number of carbonyl (C=O) groups is 2. The van der Waals surface area contributed by atoms with Gasteiger partial charge in [0, 0.05) is 19.6 Å². The van der Waals surface area contributed by atoms with E-state index in [0.29, 0.717) is 24.6 Å². The zero-order chi connectivity index (χ0) is 14.7. The van der Waals surface area contributed by atoms with Gasteiger partial charge in [0.25, 0.3) is 5.91 Å². The number of nitrogens with zero attached hydrogens (tertiary/aromatic N) is 4. The zero-order valence-electron chi connectivity index (χ0n) is 11.8. The minimum atomic E-state index is -0.846. The number of aryl methyl sites for hydroxylation is 1. The van der Waals surface area contributed by atoms with Crippen molar-refractivity contribution in [3.05, 3.63) is 11.9 Å². The van der Waals surface area contributed by atoms with E-state index < -0.39 is 11.9 Å². The molecule has 0 radical (unpaired) electrons. The summed E-state index contributed by atoms with van der Waals surface area (Å²) >= 11 is 0. The molecule has 1 fully saturated rings. The number of aromatic nitrogens is 3. The Morgan fingerprint density at radius 1 is 1.50 bits per heavy atom. The third-order valence-electron chi connectivity index (χ3n) is 3.52. The van der Waals surface area contributed by atoms with Crippen molar-refractivity contribution in [3.63, 3.8) is 0 Å². The Balaban J connectivity index is 1.95. The lowest BCUT2D eigenvalue weighted by molar-refractivity contribution is -0.141. The summed E-state index contributed by atoms with van der Waals surface area (Å²) in [4.78, 5) is 24.6. The fourth-order valence-electron chi connectivity index (χ4n) is 2.20. The van der Waals surface area contributed by atoms with Gasteiger partial charge in [0.15, 0.2) is 5.69 Å². The van der Waals surface area contributed by atoms with Gasteiger partial charge in [-0.05, 0) is 18.8 Å². The van der Waals surface area contributed by atoms with Gasteiger partial charge in [0.05, 0.1) is 12.1 Å². The molecular weight excluding hydrogens is 260 g/mol. The van der Waals surface area contributed by atoms with Crippen LogP contribution in [0.1, 0.15) is 37.2 Å². The van der Waals surface area contributed by atoms with Gasteiger partial charge in [0.2, 0.25) is 0 Å². The van der Waals surface area contributed by atoms with E-state index >= 15 is 0 Å². The van der Waals surface area contributed by atoms with E-state index in [0.717, 1.165) is 13.0 Å². The lowest BCUT2D eigenvalue weighted by Gasteiger charge is -2.13. The number of hydrogen-bond donors (Lipinski definition) is 1. The number of aliphatic carboxylic acids is 1. The molecule has 20 heavy (non-hydrogen) atoms. The highest BCUT2D eigenvalue weighted by atomic mass is 16.4. The van der Waals surface area contributed by atoms with Crippen LogP contribution in [0.4, 0.5) is 0 Å². The maximum atomic E-state index is 12.2. The molecule has 2 rings (SSSR count). The first-order valence-electron chi connectivity index (χ1n) is 6.89. The minimum absolute atomic E-state index is 0.232. The van der Waals surface area contributed by atoms with Crippen molar-refractivity contribution in [1.29, 1.82) is 0 Å². The third kappa shape index (κ3) is 3.34. The number of rotatable bonds is 5. The third-order valence-corrected chi connectivity index (χ3v) is 3.52. The van der Waals surface area contributed by atoms with Gasteiger partial charge in [-0.1, -0.05) is 19.1 Å². The van der Waals surface area contributed by atoms with Crippen molar-refractivity contribution in [3.8, 4) is 0 Å². The van der Waals surface area contributed by atoms with Gasteiger partial charge in [-0.2, -0.15) is 0 Å². The molecule has 7 heteroatoms. The van der Waals surface area contributed by atoms with Crippen molar-refractivity contribution in [2.24, 2.45) is 11.8 Å². The van der Waals surface area contributed by atoms with Gasteiger partial charge in [0.1, 0.15) is 0 Å². The van der Waals surface area contributed by atoms with Gasteiger partial charge < -0.3 is 10.0 Å². The highest BCUT2D eigenvalue weighted by molar-refractivity contribution is 5.92. The highest BCUT2D eigenvalue weighted by Crippen LogP contribution is 2.18. The maximum Gasteiger partial charge on any atom is 0.308 e. The molecule has 0 saturated carbocycles. The Morgan fingerprint density at radius 3 is 2.85 bits per heavy atom. The predicted octanol–water partition coefficient (Wildman–Crippen LogP) is 0.871. The van der Waals surface area contributed by atoms with Crippen molar-refractivity contribution in [2.75, 3.05) is 13.1 Å². The summed E-state index contributed by atoms with van der Waals surface area (Å²) in [6.45, 7) is 5.70. The van der Waals surface area contributed by atoms with Crippen LogP contribution in [0.3, 0.4) is 0 Å². The Kier molecular flexibility index (Phi) is 4.36. The Hall–Kier alpha value is -1.92. The zero-order valence-corrected chi connectivity index (χ0v) is 11.8. The second-order valence-corrected chi connectivity index (χ2v) is 5.62. The van der Waals surface area contributed by atoms with Gasteiger partial charge in [-0.15, -0.1) is 5.10 Å². The summed E-state index contributed by atoms with van der Waals surface area (Å²) in [6, 6.07) is 0. The number of amides is 1. The second kappa shape index (κ2) is 6.02. The maximum absolute atomic E-state index is 12.2. The van der Waals surface area contributed by atoms with Gasteiger partial charge in [-0.3, -0.25) is 14.3 Å². The minimum Gasteiger partial charge on any atom is -0.481 e. The van der Waals surface area contributed by atoms with Crippen LogP contribution in [-0.4, -0.2) is 50.0 Å². The van der Waals surface area contributed by atoms with Crippen LogP contribution >= 0.6 is 0 Å². The highest BCUT2D eigenvalue weighted by Gasteiger charge is 2.32. The van der Waals surface area contributed by atoms with Crippen LogP contribution in [0.25, 0.3) is 0 Å². The summed E-state index contributed by atoms with van der Waals surface area (Å²) in [5, 5.41) is 16.8. The van der Waals surface area contributed by atoms with Crippen molar-refractivity contribution in [2.45, 2.75) is 33.2 Å². The van der Waals surface area contributed by atoms with Crippen LogP contribution in [0.2, 0.25) is 0 Å². The molecule has 2 heterocycles. The Labute approximate surface area is 117 Å². The lowest BCUT2D eigenvalue weighted by atomic mass is 10.1. The summed E-state index contributed by atoms with van der Waals surface area (Å²) in [7, 11) is 0. The fourth-order valence-corrected chi connectivity index (χ4v) is 2.20. The Bertz CT molecular complexity index is 498. The van der Waals surface area contributed by atoms with Crippen LogP contribution in [-0.2, 0) is 11.3 Å². The van der Waals surface area contributed by atoms with Crippen LogP contribution < -0.4 is 0 Å². The van der Waals surface area contributed by atoms with E-state index in [1.54, 1.807) is 10.9 Å². The van der Waals surface area contributed by atoms with Crippen molar-refractivity contribution < 1.29 is 14.7 Å². The normalized spacial score (nSPS) is 18.8. The number of carboxylic acids is 1. The smallest absolute Gasteiger partial charge is 0.308 e. The molecule has 0 aromatic carbocycles. The van der Waals surface area contributed by atoms with E-state index in [1.165, 1.54) is 4.90 Å². The number of carboxylic acid groups (broad SMARTS) is 1. The molecule has 0 unspecified atom stereocenters. The monoisotopic (exact) mass is 280 g/mol. The van der Waals surface area contributed by atoms with E-state index in [4.69, 9.17) is 5.11 Å². The molecule has 0 spiro atoms. The molecule has 1 aromatic heterocycles. The van der Waals surface area contributed by atoms with Crippen molar-refractivity contribution in [1.82, 2.24) is 19.9 Å². The average Bonchev–Trinajstić information content (AvgIpc) is 3.05. The van der Waals surface area contributed by atoms with Crippen LogP contribution in [0, 0.1) is 11.8 Å². The number of hydrogen-bond acceptors (Lipinski definition) is 4. The number of likely N-dealkylation sites (tertiary alicyclic amines) is 1. The van der Waals surface area contributed by atoms with E-state index in [1.807, 2.05) is 0 Å². The molecule has 1 atom stereocenters. The summed E-state index contributed by atoms with van der Waals surface area (Å²) in [6.07, 6.45) is 3.11. The molecule has 1 N–H and O–H groups in total. The van der Waals surface area contributed by atoms with Crippen LogP contribution in [0.15, 0.2) is 6.20 Å². The second-order valence-electron chi connectivity index (χ2n) is 5.62. The molecule has 1 aliphatic rings. The summed E-state index contributed by atoms with van der Waals surface area (Å²) in [5.41, 5.74) is 0.291. The molecular formula is C13H20N4O3. The first-order valence-corrected chi connectivity index (χ1v) is 6.89. The molecule has 110 valence electrons. The molecule has 1 amide bonds.